The van der Waals surface area contributed by atoms with Gasteiger partial charge in [0.2, 0.25) is 29.5 Å². The van der Waals surface area contributed by atoms with Crippen molar-refractivity contribution >= 4 is 47.6 Å². The van der Waals surface area contributed by atoms with Gasteiger partial charge >= 0.3 is 12.1 Å². The number of halogens is 3. The van der Waals surface area contributed by atoms with Gasteiger partial charge in [0.1, 0.15) is 36.0 Å². The van der Waals surface area contributed by atoms with Crippen molar-refractivity contribution in [3.63, 3.8) is 0 Å². The topological polar surface area (TPSA) is 263 Å². The monoisotopic (exact) mass is 814 g/mol. The van der Waals surface area contributed by atoms with Crippen molar-refractivity contribution < 1.29 is 61.7 Å². The summed E-state index contributed by atoms with van der Waals surface area (Å²) >= 11 is 0. The minimum Gasteiger partial charge on any atom is -0.481 e. The zero-order valence-electron chi connectivity index (χ0n) is 33.5. The summed E-state index contributed by atoms with van der Waals surface area (Å²) in [5.41, 5.74) is 2.91. The Balaban J connectivity index is 3.51. The van der Waals surface area contributed by atoms with Gasteiger partial charge in [-0.1, -0.05) is 72.7 Å². The molecule has 1 rings (SSSR count). The number of aldehydes is 1. The van der Waals surface area contributed by atoms with E-state index < -0.39 is 120 Å². The first-order valence-electron chi connectivity index (χ1n) is 18.4. The molecule has 9 N–H and O–H groups in total. The van der Waals surface area contributed by atoms with Crippen LogP contribution in [0.3, 0.4) is 0 Å². The third kappa shape index (κ3) is 16.6. The molecule has 0 radical (unpaired) electrons. The fourth-order valence-electron chi connectivity index (χ4n) is 5.72. The number of benzene rings is 1. The number of carboxylic acid groups (broad SMARTS) is 1. The predicted octanol–water partition coefficient (Wildman–Crippen LogP) is 0.985. The van der Waals surface area contributed by atoms with Crippen LogP contribution in [0.4, 0.5) is 13.2 Å². The van der Waals surface area contributed by atoms with E-state index in [2.05, 4.69) is 26.6 Å². The first kappa shape index (κ1) is 50.1. The number of aliphatic hydroxyl groups excluding tert-OH is 1. The Hall–Kier alpha value is -4.91. The molecular weight excluding hydrogens is 757 g/mol. The molecule has 1 aromatic rings. The first-order chi connectivity index (χ1) is 26.1. The molecule has 6 atom stereocenters. The molecule has 0 spiro atoms. The number of nitrogens with two attached hydrogens (primary N) is 1. The van der Waals surface area contributed by atoms with Crippen molar-refractivity contribution in [3.8, 4) is 0 Å². The maximum absolute atomic E-state index is 14.1. The van der Waals surface area contributed by atoms with E-state index in [1.807, 2.05) is 0 Å². The summed E-state index contributed by atoms with van der Waals surface area (Å²) in [5.74, 6) is -8.17. The maximum atomic E-state index is 14.1. The number of carbonyl (C=O) groups excluding carboxylic acids is 7. The number of aryl methyl sites for hydroxylation is 1. The fourth-order valence-corrected chi connectivity index (χ4v) is 5.72. The number of amides is 5. The SMILES string of the molecule is Cc1ccccc1C[C@H](NC(=O)[C@H](NC(=O)[C@H](CO)NC(=O)CCC(=O)O)C(C)C)C(=O)N[C@H](C(=O)N[C@@H](CC(C)C)C(=O)C(N)(C=O)CC(F)(F)F)C(C)(C)C. The molecule has 1 aromatic carbocycles. The van der Waals surface area contributed by atoms with Crippen LogP contribution in [-0.2, 0) is 44.8 Å². The number of aliphatic carboxylic acids is 1. The highest BCUT2D eigenvalue weighted by atomic mass is 19.4. The molecule has 320 valence electrons. The summed E-state index contributed by atoms with van der Waals surface area (Å²) in [7, 11) is 0. The molecule has 57 heavy (non-hydrogen) atoms. The lowest BCUT2D eigenvalue weighted by atomic mass is 9.83. The normalized spacial score (nSPS) is 15.6. The third-order valence-electron chi connectivity index (χ3n) is 8.88. The fraction of sp³-hybridized carbons (Fsp3) is 0.632. The number of carboxylic acids is 1. The van der Waals surface area contributed by atoms with Gasteiger partial charge < -0.3 is 47.3 Å². The number of hydrogen-bond donors (Lipinski definition) is 8. The zero-order chi connectivity index (χ0) is 44.1. The molecule has 0 aliphatic rings. The average Bonchev–Trinajstić information content (AvgIpc) is 3.08. The first-order valence-corrected chi connectivity index (χ1v) is 18.4. The number of rotatable bonds is 22. The highest BCUT2D eigenvalue weighted by Gasteiger charge is 2.48. The van der Waals surface area contributed by atoms with E-state index in [0.717, 1.165) is 5.56 Å². The van der Waals surface area contributed by atoms with Crippen LogP contribution in [0.25, 0.3) is 0 Å². The van der Waals surface area contributed by atoms with E-state index in [9.17, 15) is 56.6 Å². The van der Waals surface area contributed by atoms with Crippen LogP contribution >= 0.6 is 0 Å². The van der Waals surface area contributed by atoms with Crippen molar-refractivity contribution in [2.75, 3.05) is 6.61 Å². The summed E-state index contributed by atoms with van der Waals surface area (Å²) in [4.78, 5) is 103. The van der Waals surface area contributed by atoms with Crippen LogP contribution in [-0.4, -0.2) is 106 Å². The second-order valence-electron chi connectivity index (χ2n) is 15.9. The van der Waals surface area contributed by atoms with Gasteiger partial charge in [-0.15, -0.1) is 0 Å². The molecule has 0 bridgehead atoms. The van der Waals surface area contributed by atoms with Gasteiger partial charge in [-0.2, -0.15) is 13.2 Å². The van der Waals surface area contributed by atoms with E-state index in [-0.39, 0.29) is 25.0 Å². The summed E-state index contributed by atoms with van der Waals surface area (Å²) in [5, 5.41) is 30.9. The largest absolute Gasteiger partial charge is 0.481 e. The summed E-state index contributed by atoms with van der Waals surface area (Å²) < 4.78 is 40.0. The number of aliphatic hydroxyl groups is 1. The number of ketones is 1. The molecule has 0 saturated carbocycles. The van der Waals surface area contributed by atoms with Crippen LogP contribution < -0.4 is 32.3 Å². The van der Waals surface area contributed by atoms with E-state index in [1.165, 1.54) is 0 Å². The Morgan fingerprint density at radius 2 is 1.35 bits per heavy atom. The van der Waals surface area contributed by atoms with Crippen LogP contribution in [0.2, 0.25) is 0 Å². The van der Waals surface area contributed by atoms with Crippen molar-refractivity contribution in [2.24, 2.45) is 23.0 Å². The third-order valence-corrected chi connectivity index (χ3v) is 8.88. The Kier molecular flexibility index (Phi) is 19.0. The second-order valence-corrected chi connectivity index (χ2v) is 15.9. The average molecular weight is 815 g/mol. The van der Waals surface area contributed by atoms with Crippen LogP contribution in [0.1, 0.15) is 85.3 Å². The predicted molar refractivity (Wildman–Crippen MR) is 201 cm³/mol. The van der Waals surface area contributed by atoms with E-state index >= 15 is 0 Å². The number of alkyl halides is 3. The molecule has 0 saturated heterocycles. The molecule has 5 amide bonds. The minimum atomic E-state index is -4.99. The van der Waals surface area contributed by atoms with E-state index in [0.29, 0.717) is 5.56 Å². The summed E-state index contributed by atoms with van der Waals surface area (Å²) in [6.45, 7) is 12.0. The van der Waals surface area contributed by atoms with E-state index in [4.69, 9.17) is 10.8 Å². The van der Waals surface area contributed by atoms with Gasteiger partial charge in [-0.25, -0.2) is 0 Å². The van der Waals surface area contributed by atoms with Crippen molar-refractivity contribution in [3.05, 3.63) is 35.4 Å². The van der Waals surface area contributed by atoms with Gasteiger partial charge in [0.05, 0.1) is 25.5 Å². The zero-order valence-corrected chi connectivity index (χ0v) is 33.5. The molecular formula is C38H57F3N6O10. The highest BCUT2D eigenvalue weighted by molar-refractivity contribution is 6.07. The standard InChI is InChI=1S/C38H57F3N6O10/c1-20(2)15-24(31(53)37(42,19-49)18-38(39,40)41)44-35(57)30(36(6,7)8)47-32(54)25(16-23-12-10-9-11-22(23)5)45-34(56)29(21(3)4)46-33(55)26(17-48)43-27(50)13-14-28(51)52/h9-12,19-21,24-26,29-30,48H,13-18,42H2,1-8H3,(H,43,50)(H,44,57)(H,45,56)(H,46,55)(H,47,54)(H,51,52)/t24-,25-,26-,29+,30+,37?/m0/s1. The van der Waals surface area contributed by atoms with Crippen LogP contribution in [0, 0.1) is 24.2 Å². The van der Waals surface area contributed by atoms with Crippen molar-refractivity contribution in [2.45, 2.75) is 129 Å². The van der Waals surface area contributed by atoms with Gasteiger partial charge in [0.15, 0.2) is 5.78 Å². The molecule has 0 aliphatic carbocycles. The molecule has 16 nitrogen and oxygen atoms in total. The smallest absolute Gasteiger partial charge is 0.391 e. The quantitative estimate of drug-likeness (QED) is 0.0605. The maximum Gasteiger partial charge on any atom is 0.391 e. The second kappa shape index (κ2) is 21.6. The molecule has 1 unspecified atom stereocenters. The van der Waals surface area contributed by atoms with Crippen LogP contribution in [0.5, 0.6) is 0 Å². The highest BCUT2D eigenvalue weighted by Crippen LogP contribution is 2.28. The lowest BCUT2D eigenvalue weighted by Gasteiger charge is -2.35. The lowest BCUT2D eigenvalue weighted by Crippen LogP contribution is -2.64. The van der Waals surface area contributed by atoms with Crippen molar-refractivity contribution in [1.29, 1.82) is 0 Å². The van der Waals surface area contributed by atoms with Gasteiger partial charge in [-0.05, 0) is 41.7 Å². The van der Waals surface area contributed by atoms with Crippen molar-refractivity contribution in [1.82, 2.24) is 26.6 Å². The number of Topliss-reactive ketones (excluding diaryl/α,β-unsaturated/α-hetero) is 1. The van der Waals surface area contributed by atoms with Gasteiger partial charge in [0, 0.05) is 12.8 Å². The summed E-state index contributed by atoms with van der Waals surface area (Å²) in [6.07, 6.45) is -8.59. The van der Waals surface area contributed by atoms with Gasteiger partial charge in [0.25, 0.3) is 0 Å². The number of carbonyl (C=O) groups is 8. The molecule has 19 heteroatoms. The molecule has 0 fully saturated rings. The van der Waals surface area contributed by atoms with E-state index in [1.54, 1.807) is 79.7 Å². The number of nitrogens with one attached hydrogen (secondary N) is 5. The lowest BCUT2D eigenvalue weighted by molar-refractivity contribution is -0.160. The van der Waals surface area contributed by atoms with Crippen LogP contribution in [0.15, 0.2) is 24.3 Å². The minimum absolute atomic E-state index is 0.124. The Bertz CT molecular complexity index is 1610. The summed E-state index contributed by atoms with van der Waals surface area (Å²) in [6, 6.07) is -0.516. The molecule has 0 heterocycles. The Morgan fingerprint density at radius 3 is 1.82 bits per heavy atom. The number of hydrogen-bond acceptors (Lipinski definition) is 10. The molecule has 0 aromatic heterocycles. The Morgan fingerprint density at radius 1 is 0.789 bits per heavy atom. The molecule has 0 aliphatic heterocycles. The Labute approximate surface area is 330 Å². The van der Waals surface area contributed by atoms with Gasteiger partial charge in [-0.3, -0.25) is 33.6 Å².